The number of pyridine rings is 1. The molecule has 0 aliphatic carbocycles. The van der Waals surface area contributed by atoms with Crippen LogP contribution in [-0.4, -0.2) is 55.8 Å². The Balaban J connectivity index is 1.47. The van der Waals surface area contributed by atoms with Crippen LogP contribution >= 0.6 is 11.6 Å². The van der Waals surface area contributed by atoms with Gasteiger partial charge in [0.1, 0.15) is 30.2 Å². The van der Waals surface area contributed by atoms with Crippen LogP contribution in [0.1, 0.15) is 35.3 Å². The number of alkyl halides is 3. The van der Waals surface area contributed by atoms with E-state index < -0.39 is 54.3 Å². The van der Waals surface area contributed by atoms with Crippen LogP contribution < -0.4 is 5.73 Å². The lowest BCUT2D eigenvalue weighted by atomic mass is 9.92. The average molecular weight is 512 g/mol. The van der Waals surface area contributed by atoms with Crippen LogP contribution in [0.15, 0.2) is 42.6 Å². The van der Waals surface area contributed by atoms with Gasteiger partial charge in [0.15, 0.2) is 17.8 Å². The molecule has 9 nitrogen and oxygen atoms in total. The molecule has 13 heteroatoms. The van der Waals surface area contributed by atoms with Crippen LogP contribution in [0.4, 0.5) is 13.2 Å². The van der Waals surface area contributed by atoms with Crippen LogP contribution in [0.5, 0.6) is 0 Å². The number of aliphatic hydroxyl groups is 1. The van der Waals surface area contributed by atoms with Crippen molar-refractivity contribution < 1.29 is 32.5 Å². The number of ether oxygens (including phenoxy) is 3. The number of nitrogens with zero attached hydrogens (tertiary/aromatic N) is 4. The van der Waals surface area contributed by atoms with Gasteiger partial charge in [-0.05, 0) is 13.0 Å². The maximum atomic E-state index is 13.7. The number of aliphatic hydroxyl groups excluding tert-OH is 1. The number of hydrogen-bond donors (Lipinski definition) is 2. The van der Waals surface area contributed by atoms with Crippen LogP contribution in [0, 0.1) is 6.92 Å². The number of nitrogens with two attached hydrogens (primary N) is 1. The van der Waals surface area contributed by atoms with Gasteiger partial charge in [-0.1, -0.05) is 41.9 Å². The monoisotopic (exact) mass is 511 g/mol. The fourth-order valence-electron chi connectivity index (χ4n) is 4.27. The summed E-state index contributed by atoms with van der Waals surface area (Å²) in [5, 5.41) is 15.1. The number of aryl methyl sites for hydroxylation is 1. The van der Waals surface area contributed by atoms with Crippen molar-refractivity contribution in [2.75, 3.05) is 6.61 Å². The van der Waals surface area contributed by atoms with Gasteiger partial charge in [-0.3, -0.25) is 0 Å². The third-order valence-corrected chi connectivity index (χ3v) is 6.07. The third-order valence-electron chi connectivity index (χ3n) is 5.86. The normalized spacial score (nSPS) is 29.1. The highest BCUT2D eigenvalue weighted by Gasteiger charge is 2.50. The first-order valence-electron chi connectivity index (χ1n) is 10.7. The van der Waals surface area contributed by atoms with E-state index in [-0.39, 0.29) is 23.3 Å². The lowest BCUT2D eigenvalue weighted by Gasteiger charge is -2.46. The van der Waals surface area contributed by atoms with E-state index in [4.69, 9.17) is 31.5 Å². The first kappa shape index (κ1) is 24.1. The molecule has 0 radical (unpaired) electrons. The molecule has 35 heavy (non-hydrogen) atoms. The summed E-state index contributed by atoms with van der Waals surface area (Å²) in [6.07, 6.45) is -8.61. The lowest BCUT2D eigenvalue weighted by Crippen LogP contribution is -2.62. The zero-order valence-electron chi connectivity index (χ0n) is 18.3. The fraction of sp³-hybridized carbons (Fsp3) is 0.409. The number of fused-ring (bicyclic) bond motifs is 1. The first-order chi connectivity index (χ1) is 16.6. The molecular weight excluding hydrogens is 491 g/mol. The van der Waals surface area contributed by atoms with Crippen LogP contribution in [0.25, 0.3) is 5.69 Å². The van der Waals surface area contributed by atoms with E-state index in [0.29, 0.717) is 0 Å². The molecule has 1 unspecified atom stereocenters. The summed E-state index contributed by atoms with van der Waals surface area (Å²) in [7, 11) is 0. The van der Waals surface area contributed by atoms with E-state index >= 15 is 0 Å². The molecular formula is C22H21ClF3N5O4. The lowest BCUT2D eigenvalue weighted by molar-refractivity contribution is -0.309. The van der Waals surface area contributed by atoms with Gasteiger partial charge in [0.25, 0.3) is 0 Å². The predicted molar refractivity (Wildman–Crippen MR) is 116 cm³/mol. The molecule has 3 N–H and O–H groups in total. The molecule has 0 amide bonds. The van der Waals surface area contributed by atoms with Crippen molar-refractivity contribution in [2.24, 2.45) is 5.73 Å². The van der Waals surface area contributed by atoms with Crippen LogP contribution in [-0.2, 0) is 20.4 Å². The highest BCUT2D eigenvalue weighted by atomic mass is 35.5. The van der Waals surface area contributed by atoms with Crippen molar-refractivity contribution in [1.29, 1.82) is 0 Å². The Morgan fingerprint density at radius 3 is 2.66 bits per heavy atom. The zero-order valence-corrected chi connectivity index (χ0v) is 19.0. The van der Waals surface area contributed by atoms with E-state index in [1.54, 1.807) is 0 Å². The Morgan fingerprint density at radius 1 is 1.20 bits per heavy atom. The molecule has 0 spiro atoms. The second-order valence-corrected chi connectivity index (χ2v) is 8.72. The Bertz CT molecular complexity index is 1210. The minimum absolute atomic E-state index is 0.0324. The highest BCUT2D eigenvalue weighted by molar-refractivity contribution is 6.30. The van der Waals surface area contributed by atoms with Crippen molar-refractivity contribution >= 4 is 11.6 Å². The third kappa shape index (κ3) is 4.53. The van der Waals surface area contributed by atoms with E-state index in [1.807, 2.05) is 30.3 Å². The number of halogens is 4. The van der Waals surface area contributed by atoms with Crippen LogP contribution in [0.3, 0.4) is 0 Å². The summed E-state index contributed by atoms with van der Waals surface area (Å²) >= 11 is 5.94. The first-order valence-corrected chi connectivity index (χ1v) is 11.1. The number of benzene rings is 1. The van der Waals surface area contributed by atoms with E-state index in [0.717, 1.165) is 22.5 Å². The standard InChI is InChI=1S/C22H21ClF3N5O4/c1-10-29-20(31(30-10)13-7-12(23)8-28-19(13)22(24,25)26)18-16(32)15(27)17-14(34-18)9-33-21(35-17)11-5-3-2-4-6-11/h2-8,14-18,21,32H,9,27H2,1H3/t14-,15-,16-,17+,18-,21?/m1/s1. The van der Waals surface area contributed by atoms with Gasteiger partial charge in [0.2, 0.25) is 0 Å². The molecule has 4 heterocycles. The number of rotatable bonds is 3. The summed E-state index contributed by atoms with van der Waals surface area (Å²) < 4.78 is 59.8. The summed E-state index contributed by atoms with van der Waals surface area (Å²) in [6.45, 7) is 1.58. The van der Waals surface area contributed by atoms with E-state index in [9.17, 15) is 18.3 Å². The van der Waals surface area contributed by atoms with Gasteiger partial charge in [0.05, 0.1) is 23.4 Å². The topological polar surface area (TPSA) is 118 Å². The Labute approximate surface area is 202 Å². The van der Waals surface area contributed by atoms with Gasteiger partial charge in [0, 0.05) is 11.8 Å². The van der Waals surface area contributed by atoms with Gasteiger partial charge in [-0.15, -0.1) is 0 Å². The minimum atomic E-state index is -4.79. The summed E-state index contributed by atoms with van der Waals surface area (Å²) in [6, 6.07) is 9.33. The Hall–Kier alpha value is -2.61. The van der Waals surface area contributed by atoms with Crippen molar-refractivity contribution in [2.45, 2.75) is 49.8 Å². The molecule has 5 rings (SSSR count). The zero-order chi connectivity index (χ0) is 24.9. The Morgan fingerprint density at radius 2 is 1.94 bits per heavy atom. The largest absolute Gasteiger partial charge is 0.435 e. The van der Waals surface area contributed by atoms with E-state index in [2.05, 4.69) is 15.1 Å². The van der Waals surface area contributed by atoms with Gasteiger partial charge >= 0.3 is 6.18 Å². The molecule has 2 fully saturated rings. The number of hydrogen-bond acceptors (Lipinski definition) is 8. The quantitative estimate of drug-likeness (QED) is 0.551. The Kier molecular flexibility index (Phi) is 6.28. The predicted octanol–water partition coefficient (Wildman–Crippen LogP) is 2.89. The van der Waals surface area contributed by atoms with Gasteiger partial charge < -0.3 is 25.1 Å². The second kappa shape index (κ2) is 9.12. The maximum absolute atomic E-state index is 13.7. The average Bonchev–Trinajstić information content (AvgIpc) is 3.22. The molecule has 1 aromatic carbocycles. The molecule has 0 bridgehead atoms. The molecule has 3 aromatic rings. The van der Waals surface area contributed by atoms with Crippen molar-refractivity contribution in [3.8, 4) is 5.69 Å². The highest BCUT2D eigenvalue weighted by Crippen LogP contribution is 2.40. The number of aromatic nitrogens is 4. The second-order valence-electron chi connectivity index (χ2n) is 8.29. The van der Waals surface area contributed by atoms with Crippen molar-refractivity contribution in [1.82, 2.24) is 19.7 Å². The maximum Gasteiger partial charge on any atom is 0.435 e. The summed E-state index contributed by atoms with van der Waals surface area (Å²) in [5.74, 6) is 0.0727. The smallest absolute Gasteiger partial charge is 0.388 e. The van der Waals surface area contributed by atoms with Gasteiger partial charge in [-0.25, -0.2) is 14.6 Å². The SMILES string of the molecule is Cc1nc([C@@H]2O[C@@H]3COC(c4ccccc4)O[C@@H]3[C@H](N)[C@H]2O)n(-c2cc(Cl)cnc2C(F)(F)F)n1. The fourth-order valence-corrected chi connectivity index (χ4v) is 4.42. The van der Waals surface area contributed by atoms with Crippen LogP contribution in [0.2, 0.25) is 5.02 Å². The van der Waals surface area contributed by atoms with Crippen molar-refractivity contribution in [3.05, 3.63) is 70.5 Å². The van der Waals surface area contributed by atoms with Crippen molar-refractivity contribution in [3.63, 3.8) is 0 Å². The van der Waals surface area contributed by atoms with Gasteiger partial charge in [-0.2, -0.15) is 18.3 Å². The minimum Gasteiger partial charge on any atom is -0.388 e. The molecule has 6 atom stereocenters. The molecule has 2 aliphatic heterocycles. The molecule has 2 aliphatic rings. The summed E-state index contributed by atoms with van der Waals surface area (Å²) in [4.78, 5) is 7.68. The molecule has 186 valence electrons. The molecule has 0 saturated carbocycles. The van der Waals surface area contributed by atoms with E-state index in [1.165, 1.54) is 6.92 Å². The molecule has 2 saturated heterocycles. The molecule has 2 aromatic heterocycles. The summed E-state index contributed by atoms with van der Waals surface area (Å²) in [5.41, 5.74) is 5.45.